The summed E-state index contributed by atoms with van der Waals surface area (Å²) in [5.41, 5.74) is 16.2. The zero-order valence-electron chi connectivity index (χ0n) is 21.1. The van der Waals surface area contributed by atoms with Crippen molar-refractivity contribution in [2.45, 2.75) is 12.8 Å². The van der Waals surface area contributed by atoms with E-state index in [-0.39, 0.29) is 6.85 Å². The molecule has 5 aromatic carbocycles. The van der Waals surface area contributed by atoms with Gasteiger partial charge in [-0.1, -0.05) is 115 Å². The molecule has 2 heterocycles. The third kappa shape index (κ3) is 3.20. The molecule has 0 N–H and O–H groups in total. The Hall–Kier alpha value is -4.56. The molecule has 2 heteroatoms. The molecule has 0 fully saturated rings. The highest BCUT2D eigenvalue weighted by molar-refractivity contribution is 6.91. The highest BCUT2D eigenvalue weighted by Crippen LogP contribution is 2.46. The fraction of sp³-hybridized carbons (Fsp3) is 0.0556. The molecule has 2 aliphatic heterocycles. The van der Waals surface area contributed by atoms with Crippen LogP contribution in [0.4, 0.5) is 5.69 Å². The molecule has 3 aliphatic rings. The summed E-state index contributed by atoms with van der Waals surface area (Å²) in [7, 11) is 0. The lowest BCUT2D eigenvalue weighted by Crippen LogP contribution is -2.61. The van der Waals surface area contributed by atoms with Gasteiger partial charge in [0.15, 0.2) is 0 Å². The van der Waals surface area contributed by atoms with Gasteiger partial charge >= 0.3 is 6.85 Å². The topological polar surface area (TPSA) is 3.24 Å². The van der Waals surface area contributed by atoms with Crippen LogP contribution in [-0.4, -0.2) is 6.85 Å². The van der Waals surface area contributed by atoms with E-state index in [2.05, 4.69) is 138 Å². The summed E-state index contributed by atoms with van der Waals surface area (Å²) in [6, 6.07) is 46.7. The Morgan fingerprint density at radius 3 is 1.89 bits per heavy atom. The zero-order valence-corrected chi connectivity index (χ0v) is 21.1. The van der Waals surface area contributed by atoms with Crippen molar-refractivity contribution in [2.24, 2.45) is 0 Å². The van der Waals surface area contributed by atoms with Gasteiger partial charge in [-0.05, 0) is 80.9 Å². The van der Waals surface area contributed by atoms with Crippen LogP contribution in [0.15, 0.2) is 139 Å². The summed E-state index contributed by atoms with van der Waals surface area (Å²) in [5.74, 6) is 0. The van der Waals surface area contributed by atoms with E-state index in [0.29, 0.717) is 0 Å². The van der Waals surface area contributed by atoms with Gasteiger partial charge in [0.2, 0.25) is 0 Å². The fourth-order valence-corrected chi connectivity index (χ4v) is 6.70. The molecular weight excluding hydrogens is 457 g/mol. The minimum atomic E-state index is 0.183. The van der Waals surface area contributed by atoms with E-state index in [0.717, 1.165) is 12.8 Å². The minimum absolute atomic E-state index is 0.183. The van der Waals surface area contributed by atoms with Crippen LogP contribution in [0, 0.1) is 0 Å². The van der Waals surface area contributed by atoms with Gasteiger partial charge in [-0.3, -0.25) is 0 Å². The Labute approximate surface area is 224 Å². The quantitative estimate of drug-likeness (QED) is 0.234. The molecule has 0 saturated carbocycles. The van der Waals surface area contributed by atoms with Crippen LogP contribution in [-0.2, 0) is 0 Å². The number of nitrogens with zero attached hydrogens (tertiary/aromatic N) is 1. The predicted octanol–water partition coefficient (Wildman–Crippen LogP) is 7.55. The van der Waals surface area contributed by atoms with Crippen molar-refractivity contribution in [3.8, 4) is 22.3 Å². The smallest absolute Gasteiger partial charge is 0.329 e. The maximum atomic E-state index is 2.66. The van der Waals surface area contributed by atoms with Gasteiger partial charge in [0.1, 0.15) is 0 Å². The van der Waals surface area contributed by atoms with Crippen LogP contribution in [0.3, 0.4) is 0 Å². The third-order valence-corrected chi connectivity index (χ3v) is 8.41. The van der Waals surface area contributed by atoms with Gasteiger partial charge in [-0.15, -0.1) is 0 Å². The Morgan fingerprint density at radius 1 is 0.500 bits per heavy atom. The van der Waals surface area contributed by atoms with Crippen molar-refractivity contribution in [1.29, 1.82) is 0 Å². The van der Waals surface area contributed by atoms with Crippen LogP contribution in [0.25, 0.3) is 33.4 Å². The van der Waals surface area contributed by atoms with E-state index >= 15 is 0 Å². The van der Waals surface area contributed by atoms with Gasteiger partial charge in [-0.25, -0.2) is 0 Å². The summed E-state index contributed by atoms with van der Waals surface area (Å²) in [6.45, 7) is 0.183. The Bertz CT molecular complexity index is 1760. The summed E-state index contributed by atoms with van der Waals surface area (Å²) >= 11 is 0. The van der Waals surface area contributed by atoms with Crippen LogP contribution < -0.4 is 15.7 Å². The highest BCUT2D eigenvalue weighted by Gasteiger charge is 2.43. The molecule has 0 aromatic heterocycles. The normalized spacial score (nSPS) is 15.1. The highest BCUT2D eigenvalue weighted by atomic mass is 15.1. The molecule has 0 radical (unpaired) electrons. The number of allylic oxidation sites excluding steroid dienone is 4. The number of hydrogen-bond acceptors (Lipinski definition) is 1. The molecule has 178 valence electrons. The largest absolute Gasteiger partial charge is 0.379 e. The van der Waals surface area contributed by atoms with E-state index in [1.165, 1.54) is 66.8 Å². The fourth-order valence-electron chi connectivity index (χ4n) is 6.70. The lowest BCUT2D eigenvalue weighted by molar-refractivity contribution is 0.950. The molecule has 0 bridgehead atoms. The zero-order chi connectivity index (χ0) is 25.1. The van der Waals surface area contributed by atoms with Gasteiger partial charge < -0.3 is 4.81 Å². The van der Waals surface area contributed by atoms with Crippen LogP contribution >= 0.6 is 0 Å². The molecule has 38 heavy (non-hydrogen) atoms. The summed E-state index contributed by atoms with van der Waals surface area (Å²) in [4.78, 5) is 2.66. The van der Waals surface area contributed by atoms with Crippen molar-refractivity contribution in [3.63, 3.8) is 0 Å². The molecule has 1 nitrogen and oxygen atoms in total. The van der Waals surface area contributed by atoms with E-state index in [1.54, 1.807) is 0 Å². The SMILES string of the molecule is C1=C(c2ccccc2)CCC2=C1c1ccccc1B1c3ccccc3-c3cc(-c4ccccc4)ccc3N12. The number of benzene rings is 5. The van der Waals surface area contributed by atoms with Crippen LogP contribution in [0.1, 0.15) is 24.0 Å². The standard InChI is InChI=1S/C36H26BN/c1-3-11-25(12-4-1)27-19-21-35-31(23-27)29-15-7-9-17-33(29)37-34-18-10-8-16-30(34)32-24-28(20-22-36(32)38(35)37)26-13-5-2-6-14-26/h1-19,21,23-24H,20,22H2. The summed E-state index contributed by atoms with van der Waals surface area (Å²) in [6.07, 6.45) is 4.54. The molecule has 5 aromatic rings. The van der Waals surface area contributed by atoms with Gasteiger partial charge in [0, 0.05) is 16.9 Å². The summed E-state index contributed by atoms with van der Waals surface area (Å²) < 4.78 is 0. The van der Waals surface area contributed by atoms with Gasteiger partial charge in [0.25, 0.3) is 0 Å². The van der Waals surface area contributed by atoms with Gasteiger partial charge in [0.05, 0.1) is 0 Å². The Kier molecular flexibility index (Phi) is 4.81. The van der Waals surface area contributed by atoms with E-state index < -0.39 is 0 Å². The maximum absolute atomic E-state index is 2.66. The van der Waals surface area contributed by atoms with Gasteiger partial charge in [-0.2, -0.15) is 0 Å². The molecule has 0 amide bonds. The van der Waals surface area contributed by atoms with Crippen molar-refractivity contribution in [1.82, 2.24) is 0 Å². The van der Waals surface area contributed by atoms with Crippen molar-refractivity contribution in [2.75, 3.05) is 4.81 Å². The first-order valence-corrected chi connectivity index (χ1v) is 13.5. The molecule has 1 aliphatic carbocycles. The van der Waals surface area contributed by atoms with E-state index in [4.69, 9.17) is 0 Å². The number of hydrogen-bond donors (Lipinski definition) is 0. The minimum Gasteiger partial charge on any atom is -0.379 e. The van der Waals surface area contributed by atoms with Crippen LogP contribution in [0.2, 0.25) is 0 Å². The average Bonchev–Trinajstić information content (AvgIpc) is 3.01. The monoisotopic (exact) mass is 483 g/mol. The first kappa shape index (κ1) is 21.5. The molecule has 0 atom stereocenters. The van der Waals surface area contributed by atoms with Crippen molar-refractivity contribution in [3.05, 3.63) is 150 Å². The second-order valence-corrected chi connectivity index (χ2v) is 10.4. The van der Waals surface area contributed by atoms with Crippen molar-refractivity contribution >= 4 is 34.6 Å². The van der Waals surface area contributed by atoms with Crippen molar-refractivity contribution < 1.29 is 0 Å². The summed E-state index contributed by atoms with van der Waals surface area (Å²) in [5, 5.41) is 0. The number of fused-ring (bicyclic) bond motifs is 10. The predicted molar refractivity (Wildman–Crippen MR) is 162 cm³/mol. The maximum Gasteiger partial charge on any atom is 0.329 e. The van der Waals surface area contributed by atoms with Crippen LogP contribution in [0.5, 0.6) is 0 Å². The lowest BCUT2D eigenvalue weighted by Gasteiger charge is -2.45. The molecule has 0 unspecified atom stereocenters. The average molecular weight is 483 g/mol. The third-order valence-electron chi connectivity index (χ3n) is 8.41. The molecule has 0 saturated heterocycles. The number of rotatable bonds is 2. The van der Waals surface area contributed by atoms with E-state index in [9.17, 15) is 0 Å². The molecule has 0 spiro atoms. The Morgan fingerprint density at radius 2 is 1.13 bits per heavy atom. The second-order valence-electron chi connectivity index (χ2n) is 10.4. The molecular formula is C36H26BN. The number of anilines is 1. The molecule has 8 rings (SSSR count). The first-order valence-electron chi connectivity index (χ1n) is 13.5. The second kappa shape index (κ2) is 8.50. The first-order chi connectivity index (χ1) is 18.9. The Balaban J connectivity index is 1.38. The van der Waals surface area contributed by atoms with E-state index in [1.807, 2.05) is 0 Å². The lowest BCUT2D eigenvalue weighted by atomic mass is 9.43.